The van der Waals surface area contributed by atoms with Gasteiger partial charge in [0.2, 0.25) is 0 Å². The quantitative estimate of drug-likeness (QED) is 0.365. The number of likely N-dealkylation sites (tertiary alicyclic amines) is 1. The zero-order chi connectivity index (χ0) is 23.8. The monoisotopic (exact) mass is 479 g/mol. The Bertz CT molecular complexity index is 995. The van der Waals surface area contributed by atoms with Gasteiger partial charge in [-0.25, -0.2) is 4.21 Å². The average Bonchev–Trinajstić information content (AvgIpc) is 2.84. The molecule has 1 N–H and O–H groups in total. The topological polar surface area (TPSA) is 49.8 Å². The van der Waals surface area contributed by atoms with Crippen LogP contribution < -0.4 is 4.74 Å². The molecule has 2 aromatic carbocycles. The zero-order valence-corrected chi connectivity index (χ0v) is 21.1. The van der Waals surface area contributed by atoms with Crippen LogP contribution >= 0.6 is 0 Å². The molecule has 2 fully saturated rings. The molecule has 1 aliphatic carbocycles. The average molecular weight is 480 g/mol. The number of ether oxygens (including phenoxy) is 1. The second kappa shape index (κ2) is 12.0. The number of hydrogen-bond acceptors (Lipinski definition) is 3. The van der Waals surface area contributed by atoms with Crippen LogP contribution in [0.5, 0.6) is 5.75 Å². The number of nitrogens with zero attached hydrogens (tertiary/aromatic N) is 1. The number of hydrogen-bond donors (Lipinski definition) is 1. The molecule has 2 aliphatic rings. The Labute approximate surface area is 207 Å². The van der Waals surface area contributed by atoms with Crippen molar-refractivity contribution in [3.05, 3.63) is 65.2 Å². The molecule has 5 heteroatoms. The highest BCUT2D eigenvalue weighted by Gasteiger charge is 2.36. The van der Waals surface area contributed by atoms with Crippen molar-refractivity contribution >= 4 is 11.1 Å². The van der Waals surface area contributed by atoms with Gasteiger partial charge >= 0.3 is 0 Å². The highest BCUT2D eigenvalue weighted by atomic mass is 32.2. The molecular weight excluding hydrogens is 442 g/mol. The summed E-state index contributed by atoms with van der Waals surface area (Å²) < 4.78 is 26.4. The minimum Gasteiger partial charge on any atom is -0.489 e. The number of piperidine rings is 1. The van der Waals surface area contributed by atoms with Gasteiger partial charge in [0.15, 0.2) is 11.1 Å². The number of benzene rings is 2. The smallest absolute Gasteiger partial charge is 0.154 e. The van der Waals surface area contributed by atoms with Gasteiger partial charge in [-0.15, -0.1) is 5.92 Å². The maximum absolute atomic E-state index is 11.2. The lowest BCUT2D eigenvalue weighted by Gasteiger charge is -2.45. The molecule has 2 unspecified atom stereocenters. The summed E-state index contributed by atoms with van der Waals surface area (Å²) >= 11 is -1.88. The maximum Gasteiger partial charge on any atom is 0.154 e. The summed E-state index contributed by atoms with van der Waals surface area (Å²) in [5.74, 6) is 6.52. The first-order valence-electron chi connectivity index (χ1n) is 12.6. The molecular formula is C29H37NO3S. The van der Waals surface area contributed by atoms with Crippen molar-refractivity contribution < 1.29 is 13.5 Å². The standard InChI is InChI=1S/C29H37NO3S/c1-2-7-27(22-34(31)32)26-12-14-28(15-13-26)33-21-25-10-8-24(9-11-25)20-30-19-6-18-29(23-30)16-4-3-5-17-29/h8-15,27H,3-6,16-23H2,1H3,(H,31,32). The highest BCUT2D eigenvalue weighted by molar-refractivity contribution is 7.79. The summed E-state index contributed by atoms with van der Waals surface area (Å²) in [6, 6.07) is 16.5. The first-order valence-corrected chi connectivity index (χ1v) is 13.9. The van der Waals surface area contributed by atoms with E-state index in [1.54, 1.807) is 6.92 Å². The Balaban J connectivity index is 1.28. The number of rotatable bonds is 8. The van der Waals surface area contributed by atoms with Crippen LogP contribution in [0.3, 0.4) is 0 Å². The van der Waals surface area contributed by atoms with Gasteiger partial charge in [0.05, 0.1) is 11.7 Å². The van der Waals surface area contributed by atoms with E-state index in [-0.39, 0.29) is 11.7 Å². The third-order valence-electron chi connectivity index (χ3n) is 7.40. The molecule has 4 nitrogen and oxygen atoms in total. The molecule has 1 heterocycles. The van der Waals surface area contributed by atoms with Gasteiger partial charge in [-0.3, -0.25) is 4.90 Å². The van der Waals surface area contributed by atoms with Crippen LogP contribution in [-0.4, -0.2) is 32.5 Å². The fourth-order valence-electron chi connectivity index (χ4n) is 5.66. The van der Waals surface area contributed by atoms with Crippen molar-refractivity contribution in [2.24, 2.45) is 5.41 Å². The van der Waals surface area contributed by atoms with E-state index >= 15 is 0 Å². The molecule has 1 saturated heterocycles. The van der Waals surface area contributed by atoms with Crippen molar-refractivity contribution in [3.8, 4) is 17.6 Å². The fourth-order valence-corrected chi connectivity index (χ4v) is 6.22. The van der Waals surface area contributed by atoms with Crippen LogP contribution in [0.1, 0.15) is 74.5 Å². The zero-order valence-electron chi connectivity index (χ0n) is 20.3. The summed E-state index contributed by atoms with van der Waals surface area (Å²) in [7, 11) is 0. The van der Waals surface area contributed by atoms with E-state index in [0.29, 0.717) is 12.0 Å². The van der Waals surface area contributed by atoms with Gasteiger partial charge in [-0.1, -0.05) is 61.6 Å². The molecule has 0 aromatic heterocycles. The second-order valence-electron chi connectivity index (χ2n) is 9.98. The summed E-state index contributed by atoms with van der Waals surface area (Å²) in [5.41, 5.74) is 4.06. The minimum atomic E-state index is -1.88. The SMILES string of the molecule is CC#CC(CS(=O)O)c1ccc(OCc2ccc(CN3CCCC4(CCCCC4)C3)cc2)cc1. The van der Waals surface area contributed by atoms with E-state index in [2.05, 4.69) is 41.0 Å². The van der Waals surface area contributed by atoms with Crippen LogP contribution in [0.2, 0.25) is 0 Å². The molecule has 34 heavy (non-hydrogen) atoms. The van der Waals surface area contributed by atoms with E-state index in [4.69, 9.17) is 4.74 Å². The molecule has 2 atom stereocenters. The lowest BCUT2D eigenvalue weighted by molar-refractivity contribution is 0.0494. The molecule has 0 bridgehead atoms. The molecule has 182 valence electrons. The van der Waals surface area contributed by atoms with E-state index in [0.717, 1.165) is 23.4 Å². The molecule has 4 rings (SSSR count). The molecule has 0 amide bonds. The molecule has 2 aromatic rings. The van der Waals surface area contributed by atoms with Gasteiger partial charge in [0.1, 0.15) is 12.4 Å². The lowest BCUT2D eigenvalue weighted by Crippen LogP contribution is -2.43. The Morgan fingerprint density at radius 1 is 1.00 bits per heavy atom. The van der Waals surface area contributed by atoms with Crippen molar-refractivity contribution in [2.45, 2.75) is 70.9 Å². The van der Waals surface area contributed by atoms with Gasteiger partial charge in [0, 0.05) is 13.1 Å². The van der Waals surface area contributed by atoms with Crippen molar-refractivity contribution in [1.29, 1.82) is 0 Å². The summed E-state index contributed by atoms with van der Waals surface area (Å²) in [4.78, 5) is 2.67. The Morgan fingerprint density at radius 3 is 2.35 bits per heavy atom. The fraction of sp³-hybridized carbons (Fsp3) is 0.517. The second-order valence-corrected chi connectivity index (χ2v) is 11.0. The predicted molar refractivity (Wildman–Crippen MR) is 139 cm³/mol. The minimum absolute atomic E-state index is 0.117. The van der Waals surface area contributed by atoms with E-state index in [9.17, 15) is 8.76 Å². The Kier molecular flexibility index (Phi) is 8.83. The maximum atomic E-state index is 11.2. The van der Waals surface area contributed by atoms with E-state index < -0.39 is 11.1 Å². The van der Waals surface area contributed by atoms with E-state index in [1.165, 1.54) is 63.6 Å². The van der Waals surface area contributed by atoms with Crippen molar-refractivity contribution in [3.63, 3.8) is 0 Å². The van der Waals surface area contributed by atoms with E-state index in [1.807, 2.05) is 24.3 Å². The van der Waals surface area contributed by atoms with Crippen LogP contribution in [0, 0.1) is 17.3 Å². The Morgan fingerprint density at radius 2 is 1.68 bits per heavy atom. The van der Waals surface area contributed by atoms with Gasteiger partial charge in [0.25, 0.3) is 0 Å². The van der Waals surface area contributed by atoms with Gasteiger partial charge in [-0.05, 0) is 73.4 Å². The van der Waals surface area contributed by atoms with Crippen molar-refractivity contribution in [1.82, 2.24) is 4.90 Å². The summed E-state index contributed by atoms with van der Waals surface area (Å²) in [6.07, 6.45) is 9.88. The molecule has 1 spiro atoms. The molecule has 1 saturated carbocycles. The van der Waals surface area contributed by atoms with Gasteiger partial charge in [-0.2, -0.15) is 0 Å². The molecule has 1 aliphatic heterocycles. The first kappa shape index (κ1) is 25.0. The van der Waals surface area contributed by atoms with Crippen LogP contribution in [0.15, 0.2) is 48.5 Å². The van der Waals surface area contributed by atoms with Gasteiger partial charge < -0.3 is 9.29 Å². The third kappa shape index (κ3) is 6.95. The Hall–Kier alpha value is -2.13. The van der Waals surface area contributed by atoms with Crippen LogP contribution in [-0.2, 0) is 24.2 Å². The van der Waals surface area contributed by atoms with Crippen LogP contribution in [0.4, 0.5) is 0 Å². The largest absolute Gasteiger partial charge is 0.489 e. The third-order valence-corrected chi connectivity index (χ3v) is 8.02. The lowest BCUT2D eigenvalue weighted by atomic mass is 9.69. The highest BCUT2D eigenvalue weighted by Crippen LogP contribution is 2.43. The predicted octanol–water partition coefficient (Wildman–Crippen LogP) is 6.14. The molecule has 0 radical (unpaired) electrons. The van der Waals surface area contributed by atoms with Crippen LogP contribution in [0.25, 0.3) is 0 Å². The van der Waals surface area contributed by atoms with Crippen molar-refractivity contribution in [2.75, 3.05) is 18.8 Å². The summed E-state index contributed by atoms with van der Waals surface area (Å²) in [5, 5.41) is 0. The summed E-state index contributed by atoms with van der Waals surface area (Å²) in [6.45, 7) is 5.81. The normalized spacial score (nSPS) is 19.7. The first-order chi connectivity index (χ1) is 16.5.